The van der Waals surface area contributed by atoms with Crippen LogP contribution in [0.15, 0.2) is 77.3 Å². The van der Waals surface area contributed by atoms with E-state index in [1.54, 1.807) is 0 Å². The molecular formula is C28H31BrN4O2. The van der Waals surface area contributed by atoms with Crippen molar-refractivity contribution in [3.05, 3.63) is 88.4 Å². The van der Waals surface area contributed by atoms with Crippen LogP contribution in [0.3, 0.4) is 0 Å². The van der Waals surface area contributed by atoms with Gasteiger partial charge in [-0.3, -0.25) is 4.79 Å². The average Bonchev–Trinajstić information content (AvgIpc) is 2.85. The van der Waals surface area contributed by atoms with Crippen LogP contribution in [0, 0.1) is 0 Å². The summed E-state index contributed by atoms with van der Waals surface area (Å²) in [5.41, 5.74) is 4.55. The van der Waals surface area contributed by atoms with Gasteiger partial charge in [-0.1, -0.05) is 48.8 Å². The SMILES string of the molecule is CC(C)(C)c1ccc(C(=O)N2CCN(c3ccc(NC(=O)Nc4ccc(Br)cc4)cc3)CC2)cc1. The molecule has 0 atom stereocenters. The minimum Gasteiger partial charge on any atom is -0.368 e. The lowest BCUT2D eigenvalue weighted by Crippen LogP contribution is -2.48. The third-order valence-corrected chi connectivity index (χ3v) is 6.69. The molecule has 4 rings (SSSR count). The summed E-state index contributed by atoms with van der Waals surface area (Å²) in [5, 5.41) is 5.67. The van der Waals surface area contributed by atoms with E-state index in [0.717, 1.165) is 40.2 Å². The van der Waals surface area contributed by atoms with E-state index in [2.05, 4.69) is 64.4 Å². The van der Waals surface area contributed by atoms with Crippen molar-refractivity contribution in [3.63, 3.8) is 0 Å². The van der Waals surface area contributed by atoms with Gasteiger partial charge in [0.1, 0.15) is 0 Å². The molecule has 0 aliphatic carbocycles. The van der Waals surface area contributed by atoms with Gasteiger partial charge in [-0.15, -0.1) is 0 Å². The summed E-state index contributed by atoms with van der Waals surface area (Å²) in [6, 6.07) is 22.9. The Balaban J connectivity index is 1.28. The summed E-state index contributed by atoms with van der Waals surface area (Å²) in [7, 11) is 0. The molecule has 35 heavy (non-hydrogen) atoms. The second-order valence-electron chi connectivity index (χ2n) is 9.74. The van der Waals surface area contributed by atoms with Gasteiger partial charge >= 0.3 is 6.03 Å². The zero-order chi connectivity index (χ0) is 25.0. The Morgan fingerprint density at radius 3 is 1.77 bits per heavy atom. The Morgan fingerprint density at radius 2 is 1.26 bits per heavy atom. The van der Waals surface area contributed by atoms with Gasteiger partial charge in [0.15, 0.2) is 0 Å². The fourth-order valence-electron chi connectivity index (χ4n) is 4.05. The highest BCUT2D eigenvalue weighted by molar-refractivity contribution is 9.10. The smallest absolute Gasteiger partial charge is 0.323 e. The van der Waals surface area contributed by atoms with Gasteiger partial charge in [0.05, 0.1) is 0 Å². The van der Waals surface area contributed by atoms with Crippen LogP contribution in [0.5, 0.6) is 0 Å². The van der Waals surface area contributed by atoms with Crippen LogP contribution in [0.2, 0.25) is 0 Å². The van der Waals surface area contributed by atoms with Gasteiger partial charge in [-0.2, -0.15) is 0 Å². The Bertz CT molecular complexity index is 1160. The molecule has 7 heteroatoms. The molecular weight excluding hydrogens is 504 g/mol. The van der Waals surface area contributed by atoms with Crippen molar-refractivity contribution in [1.82, 2.24) is 4.90 Å². The van der Waals surface area contributed by atoms with Gasteiger partial charge in [0.2, 0.25) is 0 Å². The summed E-state index contributed by atoms with van der Waals surface area (Å²) < 4.78 is 0.957. The van der Waals surface area contributed by atoms with Gasteiger partial charge in [0, 0.05) is 53.3 Å². The third kappa shape index (κ3) is 6.42. The number of halogens is 1. The van der Waals surface area contributed by atoms with E-state index in [9.17, 15) is 9.59 Å². The first-order chi connectivity index (χ1) is 16.7. The van der Waals surface area contributed by atoms with E-state index in [1.165, 1.54) is 5.56 Å². The lowest BCUT2D eigenvalue weighted by atomic mass is 9.86. The molecule has 1 fully saturated rings. The topological polar surface area (TPSA) is 64.7 Å². The molecule has 6 nitrogen and oxygen atoms in total. The molecule has 3 amide bonds. The molecule has 1 saturated heterocycles. The van der Waals surface area contributed by atoms with E-state index in [-0.39, 0.29) is 17.4 Å². The van der Waals surface area contributed by atoms with Crippen molar-refractivity contribution >= 4 is 44.9 Å². The summed E-state index contributed by atoms with van der Waals surface area (Å²) in [5.74, 6) is 0.0847. The van der Waals surface area contributed by atoms with Crippen LogP contribution in [0.25, 0.3) is 0 Å². The summed E-state index contributed by atoms with van der Waals surface area (Å²) in [4.78, 5) is 29.4. The van der Waals surface area contributed by atoms with Crippen molar-refractivity contribution in [3.8, 4) is 0 Å². The maximum atomic E-state index is 13.0. The van der Waals surface area contributed by atoms with Crippen LogP contribution in [-0.2, 0) is 5.41 Å². The lowest BCUT2D eigenvalue weighted by molar-refractivity contribution is 0.0746. The van der Waals surface area contributed by atoms with Gasteiger partial charge in [-0.05, 0) is 71.6 Å². The quantitative estimate of drug-likeness (QED) is 0.409. The minimum atomic E-state index is -0.289. The highest BCUT2D eigenvalue weighted by atomic mass is 79.9. The highest BCUT2D eigenvalue weighted by Gasteiger charge is 2.23. The first kappa shape index (κ1) is 24.8. The summed E-state index contributed by atoms with van der Waals surface area (Å²) >= 11 is 3.38. The second-order valence-corrected chi connectivity index (χ2v) is 10.7. The molecule has 0 spiro atoms. The van der Waals surface area contributed by atoms with Crippen LogP contribution >= 0.6 is 15.9 Å². The number of nitrogens with zero attached hydrogens (tertiary/aromatic N) is 2. The molecule has 182 valence electrons. The molecule has 2 N–H and O–H groups in total. The predicted octanol–water partition coefficient (Wildman–Crippen LogP) is 6.35. The number of carbonyl (C=O) groups is 2. The number of rotatable bonds is 4. The third-order valence-electron chi connectivity index (χ3n) is 6.16. The van der Waals surface area contributed by atoms with E-state index >= 15 is 0 Å². The van der Waals surface area contributed by atoms with Gasteiger partial charge < -0.3 is 20.4 Å². The molecule has 0 aromatic heterocycles. The van der Waals surface area contributed by atoms with Crippen LogP contribution in [0.4, 0.5) is 21.9 Å². The van der Waals surface area contributed by atoms with E-state index in [4.69, 9.17) is 0 Å². The van der Waals surface area contributed by atoms with Gasteiger partial charge in [-0.25, -0.2) is 4.79 Å². The number of piperazine rings is 1. The van der Waals surface area contributed by atoms with E-state index < -0.39 is 0 Å². The average molecular weight is 535 g/mol. The van der Waals surface area contributed by atoms with Crippen molar-refractivity contribution in [2.75, 3.05) is 41.7 Å². The fourth-order valence-corrected chi connectivity index (χ4v) is 4.31. The van der Waals surface area contributed by atoms with Crippen molar-refractivity contribution < 1.29 is 9.59 Å². The summed E-state index contributed by atoms with van der Waals surface area (Å²) in [6.45, 7) is 9.40. The number of urea groups is 1. The zero-order valence-corrected chi connectivity index (χ0v) is 21.9. The number of nitrogens with one attached hydrogen (secondary N) is 2. The normalized spacial score (nSPS) is 13.9. The number of carbonyl (C=O) groups excluding carboxylic acids is 2. The lowest BCUT2D eigenvalue weighted by Gasteiger charge is -2.36. The first-order valence-electron chi connectivity index (χ1n) is 11.8. The Kier molecular flexibility index (Phi) is 7.45. The molecule has 0 radical (unpaired) electrons. The molecule has 1 aliphatic rings. The number of benzene rings is 3. The molecule has 0 saturated carbocycles. The molecule has 0 bridgehead atoms. The Hall–Kier alpha value is -3.32. The van der Waals surface area contributed by atoms with E-state index in [0.29, 0.717) is 13.1 Å². The number of hydrogen-bond acceptors (Lipinski definition) is 3. The van der Waals surface area contributed by atoms with E-state index in [1.807, 2.05) is 65.6 Å². The number of hydrogen-bond donors (Lipinski definition) is 2. The largest absolute Gasteiger partial charge is 0.368 e. The van der Waals surface area contributed by atoms with Crippen LogP contribution in [0.1, 0.15) is 36.7 Å². The standard InChI is InChI=1S/C28H31BrN4O2/c1-28(2,3)21-6-4-20(5-7-21)26(34)33-18-16-32(17-19-33)25-14-12-24(13-15-25)31-27(35)30-23-10-8-22(29)9-11-23/h4-15H,16-19H2,1-3H3,(H2,30,31,35). The summed E-state index contributed by atoms with van der Waals surface area (Å²) in [6.07, 6.45) is 0. The Labute approximate surface area is 215 Å². The van der Waals surface area contributed by atoms with Crippen LogP contribution < -0.4 is 15.5 Å². The second kappa shape index (κ2) is 10.5. The number of anilines is 3. The molecule has 3 aromatic rings. The molecule has 1 heterocycles. The molecule has 3 aromatic carbocycles. The van der Waals surface area contributed by atoms with Crippen molar-refractivity contribution in [2.45, 2.75) is 26.2 Å². The van der Waals surface area contributed by atoms with Crippen molar-refractivity contribution in [1.29, 1.82) is 0 Å². The zero-order valence-electron chi connectivity index (χ0n) is 20.3. The van der Waals surface area contributed by atoms with Crippen molar-refractivity contribution in [2.24, 2.45) is 0 Å². The maximum absolute atomic E-state index is 13.0. The van der Waals surface area contributed by atoms with Gasteiger partial charge in [0.25, 0.3) is 5.91 Å². The molecule has 1 aliphatic heterocycles. The predicted molar refractivity (Wildman–Crippen MR) is 146 cm³/mol. The first-order valence-corrected chi connectivity index (χ1v) is 12.6. The highest BCUT2D eigenvalue weighted by Crippen LogP contribution is 2.24. The Morgan fingerprint density at radius 1 is 0.743 bits per heavy atom. The minimum absolute atomic E-state index is 0.0710. The number of amides is 3. The molecule has 0 unspecified atom stereocenters. The monoisotopic (exact) mass is 534 g/mol. The maximum Gasteiger partial charge on any atom is 0.323 e. The van der Waals surface area contributed by atoms with Crippen LogP contribution in [-0.4, -0.2) is 43.0 Å². The fraction of sp³-hybridized carbons (Fsp3) is 0.286.